The third kappa shape index (κ3) is 3.58. The summed E-state index contributed by atoms with van der Waals surface area (Å²) < 4.78 is 0. The van der Waals surface area contributed by atoms with Crippen molar-refractivity contribution in [2.75, 3.05) is 0 Å². The van der Waals surface area contributed by atoms with Crippen LogP contribution in [-0.2, 0) is 9.59 Å². The Labute approximate surface area is 106 Å². The van der Waals surface area contributed by atoms with Crippen molar-refractivity contribution in [3.8, 4) is 0 Å². The minimum atomic E-state index is -1.08. The topological polar surface area (TPSA) is 74.6 Å². The molecule has 0 saturated heterocycles. The van der Waals surface area contributed by atoms with E-state index in [1.807, 2.05) is 38.1 Å². The van der Waals surface area contributed by atoms with Crippen LogP contribution in [0.15, 0.2) is 24.3 Å². The van der Waals surface area contributed by atoms with Gasteiger partial charge in [-0.15, -0.1) is 0 Å². The zero-order chi connectivity index (χ0) is 13.7. The van der Waals surface area contributed by atoms with Gasteiger partial charge in [0.1, 0.15) is 0 Å². The van der Waals surface area contributed by atoms with E-state index in [9.17, 15) is 14.7 Å². The molecule has 18 heavy (non-hydrogen) atoms. The highest BCUT2D eigenvalue weighted by molar-refractivity contribution is 5.78. The molecule has 4 nitrogen and oxygen atoms in total. The first-order valence-electron chi connectivity index (χ1n) is 5.96. The predicted octanol–water partition coefficient (Wildman–Crippen LogP) is 2.66. The van der Waals surface area contributed by atoms with Gasteiger partial charge in [0.2, 0.25) is 0 Å². The lowest BCUT2D eigenvalue weighted by atomic mass is 9.82. The van der Waals surface area contributed by atoms with E-state index in [2.05, 4.69) is 0 Å². The number of hydrogen-bond acceptors (Lipinski definition) is 2. The van der Waals surface area contributed by atoms with Crippen LogP contribution in [0.2, 0.25) is 0 Å². The summed E-state index contributed by atoms with van der Waals surface area (Å²) >= 11 is 0. The van der Waals surface area contributed by atoms with Crippen molar-refractivity contribution in [3.05, 3.63) is 35.4 Å². The number of rotatable bonds is 6. The summed E-state index contributed by atoms with van der Waals surface area (Å²) in [4.78, 5) is 22.0. The Balaban J connectivity index is 3.01. The van der Waals surface area contributed by atoms with Crippen LogP contribution >= 0.6 is 0 Å². The van der Waals surface area contributed by atoms with Crippen molar-refractivity contribution in [1.82, 2.24) is 0 Å². The van der Waals surface area contributed by atoms with Gasteiger partial charge in [0, 0.05) is 0 Å². The van der Waals surface area contributed by atoms with Crippen LogP contribution in [0.5, 0.6) is 0 Å². The number of carbonyl (C=O) groups is 2. The van der Waals surface area contributed by atoms with Crippen molar-refractivity contribution in [2.45, 2.75) is 32.6 Å². The largest absolute Gasteiger partial charge is 0.481 e. The van der Waals surface area contributed by atoms with E-state index in [1.165, 1.54) is 0 Å². The van der Waals surface area contributed by atoms with Crippen LogP contribution in [0.4, 0.5) is 0 Å². The molecule has 1 aromatic rings. The first-order valence-corrected chi connectivity index (χ1v) is 5.96. The molecule has 2 N–H and O–H groups in total. The summed E-state index contributed by atoms with van der Waals surface area (Å²) in [5.74, 6) is -3.27. The fourth-order valence-electron chi connectivity index (χ4n) is 2.16. The third-order valence-electron chi connectivity index (χ3n) is 3.14. The van der Waals surface area contributed by atoms with Crippen LogP contribution in [0.25, 0.3) is 0 Å². The summed E-state index contributed by atoms with van der Waals surface area (Å²) in [6.45, 7) is 3.83. The monoisotopic (exact) mass is 250 g/mol. The molecule has 0 aromatic heterocycles. The van der Waals surface area contributed by atoms with Gasteiger partial charge in [0.25, 0.3) is 0 Å². The fraction of sp³-hybridized carbons (Fsp3) is 0.429. The molecular formula is C14H18O4. The molecule has 0 saturated carbocycles. The lowest BCUT2D eigenvalue weighted by molar-refractivity contribution is -0.149. The molecule has 2 unspecified atom stereocenters. The van der Waals surface area contributed by atoms with Crippen LogP contribution in [0, 0.1) is 12.8 Å². The average Bonchev–Trinajstić information content (AvgIpc) is 2.30. The standard InChI is InChI=1S/C14H18O4/c1-3-11(10-6-4-9(2)5-7-10)12(14(17)18)8-13(15)16/h4-7,11-12H,3,8H2,1-2H3,(H,15,16)(H,17,18). The van der Waals surface area contributed by atoms with E-state index in [1.54, 1.807) is 0 Å². The van der Waals surface area contributed by atoms with E-state index < -0.39 is 17.9 Å². The Morgan fingerprint density at radius 1 is 1.17 bits per heavy atom. The minimum absolute atomic E-state index is 0.265. The van der Waals surface area contributed by atoms with Gasteiger partial charge < -0.3 is 10.2 Å². The molecule has 98 valence electrons. The maximum absolute atomic E-state index is 11.2. The first-order chi connectivity index (χ1) is 8.45. The SMILES string of the molecule is CCC(c1ccc(C)cc1)C(CC(=O)O)C(=O)O. The predicted molar refractivity (Wildman–Crippen MR) is 67.6 cm³/mol. The molecule has 4 heteroatoms. The van der Waals surface area contributed by atoms with Gasteiger partial charge in [-0.1, -0.05) is 36.8 Å². The zero-order valence-electron chi connectivity index (χ0n) is 10.6. The Hall–Kier alpha value is -1.84. The van der Waals surface area contributed by atoms with Crippen molar-refractivity contribution >= 4 is 11.9 Å². The summed E-state index contributed by atoms with van der Waals surface area (Å²) in [5.41, 5.74) is 1.98. The van der Waals surface area contributed by atoms with Gasteiger partial charge in [0.05, 0.1) is 12.3 Å². The van der Waals surface area contributed by atoms with Crippen LogP contribution in [-0.4, -0.2) is 22.2 Å². The van der Waals surface area contributed by atoms with Crippen LogP contribution in [0.3, 0.4) is 0 Å². The molecule has 0 aliphatic heterocycles. The zero-order valence-corrected chi connectivity index (χ0v) is 10.6. The number of aliphatic carboxylic acids is 2. The molecular weight excluding hydrogens is 232 g/mol. The van der Waals surface area contributed by atoms with Crippen molar-refractivity contribution in [1.29, 1.82) is 0 Å². The van der Waals surface area contributed by atoms with Crippen LogP contribution < -0.4 is 0 Å². The molecule has 0 heterocycles. The molecule has 1 rings (SSSR count). The Morgan fingerprint density at radius 3 is 2.11 bits per heavy atom. The second-order valence-electron chi connectivity index (χ2n) is 4.47. The Kier molecular flexibility index (Phi) is 4.89. The quantitative estimate of drug-likeness (QED) is 0.814. The highest BCUT2D eigenvalue weighted by atomic mass is 16.4. The smallest absolute Gasteiger partial charge is 0.307 e. The summed E-state index contributed by atoms with van der Waals surface area (Å²) in [6, 6.07) is 7.58. The molecule has 0 aliphatic rings. The average molecular weight is 250 g/mol. The van der Waals surface area contributed by atoms with Crippen molar-refractivity contribution in [3.63, 3.8) is 0 Å². The van der Waals surface area contributed by atoms with E-state index in [-0.39, 0.29) is 12.3 Å². The molecule has 0 radical (unpaired) electrons. The highest BCUT2D eigenvalue weighted by Gasteiger charge is 2.30. The molecule has 2 atom stereocenters. The number of carboxylic acid groups (broad SMARTS) is 2. The Bertz CT molecular complexity index is 422. The highest BCUT2D eigenvalue weighted by Crippen LogP contribution is 2.30. The van der Waals surface area contributed by atoms with E-state index in [4.69, 9.17) is 5.11 Å². The van der Waals surface area contributed by atoms with Crippen molar-refractivity contribution < 1.29 is 19.8 Å². The second kappa shape index (κ2) is 6.19. The Morgan fingerprint density at radius 2 is 1.72 bits per heavy atom. The van der Waals surface area contributed by atoms with Gasteiger partial charge in [-0.25, -0.2) is 0 Å². The molecule has 1 aromatic carbocycles. The maximum Gasteiger partial charge on any atom is 0.307 e. The van der Waals surface area contributed by atoms with Gasteiger partial charge >= 0.3 is 11.9 Å². The summed E-state index contributed by atoms with van der Waals surface area (Å²) in [7, 11) is 0. The van der Waals surface area contributed by atoms with Gasteiger partial charge in [-0.3, -0.25) is 9.59 Å². The summed E-state index contributed by atoms with van der Waals surface area (Å²) in [5, 5.41) is 18.0. The van der Waals surface area contributed by atoms with E-state index >= 15 is 0 Å². The number of aryl methyl sites for hydroxylation is 1. The summed E-state index contributed by atoms with van der Waals surface area (Å²) in [6.07, 6.45) is 0.259. The van der Waals surface area contributed by atoms with Crippen molar-refractivity contribution in [2.24, 2.45) is 5.92 Å². The van der Waals surface area contributed by atoms with Crippen LogP contribution in [0.1, 0.15) is 36.8 Å². The second-order valence-corrected chi connectivity index (χ2v) is 4.47. The molecule has 0 aliphatic carbocycles. The normalized spacial score (nSPS) is 13.9. The molecule has 0 amide bonds. The number of hydrogen-bond donors (Lipinski definition) is 2. The molecule has 0 fully saturated rings. The maximum atomic E-state index is 11.2. The third-order valence-corrected chi connectivity index (χ3v) is 3.14. The minimum Gasteiger partial charge on any atom is -0.481 e. The number of benzene rings is 1. The van der Waals surface area contributed by atoms with Gasteiger partial charge in [-0.2, -0.15) is 0 Å². The van der Waals surface area contributed by atoms with E-state index in [0.29, 0.717) is 6.42 Å². The lowest BCUT2D eigenvalue weighted by Gasteiger charge is -2.22. The van der Waals surface area contributed by atoms with Gasteiger partial charge in [0.15, 0.2) is 0 Å². The van der Waals surface area contributed by atoms with E-state index in [0.717, 1.165) is 11.1 Å². The molecule has 0 bridgehead atoms. The lowest BCUT2D eigenvalue weighted by Crippen LogP contribution is -2.24. The van der Waals surface area contributed by atoms with Gasteiger partial charge in [-0.05, 0) is 24.8 Å². The molecule has 0 spiro atoms. The fourth-order valence-corrected chi connectivity index (χ4v) is 2.16. The number of carboxylic acids is 2. The first kappa shape index (κ1) is 14.2.